The van der Waals surface area contributed by atoms with Crippen molar-refractivity contribution in [1.82, 2.24) is 0 Å². The summed E-state index contributed by atoms with van der Waals surface area (Å²) in [5.41, 5.74) is 31.4. The number of anilines is 6. The lowest BCUT2D eigenvalue weighted by Gasteiger charge is -2.35. The van der Waals surface area contributed by atoms with Crippen molar-refractivity contribution in [2.24, 2.45) is 0 Å². The Labute approximate surface area is 636 Å². The van der Waals surface area contributed by atoms with Gasteiger partial charge in [0.1, 0.15) is 0 Å². The molecular formula is C107H72N2. The van der Waals surface area contributed by atoms with Crippen LogP contribution in [0.3, 0.4) is 0 Å². The molecule has 0 N–H and O–H groups in total. The first kappa shape index (κ1) is 63.5. The van der Waals surface area contributed by atoms with E-state index in [0.717, 1.165) is 77.9 Å². The average molecular weight is 1390 g/mol. The summed E-state index contributed by atoms with van der Waals surface area (Å²) >= 11 is 0. The Balaban J connectivity index is 0.894. The fourth-order valence-electron chi connectivity index (χ4n) is 19.5. The molecule has 0 radical (unpaired) electrons. The van der Waals surface area contributed by atoms with Crippen molar-refractivity contribution in [2.75, 3.05) is 9.80 Å². The number of para-hydroxylation sites is 3. The van der Waals surface area contributed by atoms with Crippen molar-refractivity contribution in [2.45, 2.75) is 16.2 Å². The van der Waals surface area contributed by atoms with Crippen molar-refractivity contribution in [1.29, 1.82) is 0 Å². The van der Waals surface area contributed by atoms with Crippen LogP contribution in [0, 0.1) is 0 Å². The lowest BCUT2D eigenvalue weighted by Crippen LogP contribution is -2.28. The highest BCUT2D eigenvalue weighted by atomic mass is 15.1. The first-order valence-corrected chi connectivity index (χ1v) is 38.0. The van der Waals surface area contributed by atoms with Crippen LogP contribution in [0.25, 0.3) is 77.2 Å². The van der Waals surface area contributed by atoms with Gasteiger partial charge in [0.2, 0.25) is 0 Å². The molecule has 0 saturated carbocycles. The standard InChI is InChI=1S/C107H72N2/c1-10-34-75(35-11-1)105(76-36-12-2-13-37-76)97-55-31-28-52-87(97)90-63-58-73(68-100(90)105)103-94-67-62-85(109(83-50-26-9-27-51-83)86-60-65-92-89-54-30-33-57-99(89)107(102(92)72-86,79-42-18-5-19-43-79)80-44-20-6-21-45-80)71-96(94)104(93-66-61-84(70-95(93)103)108(81-46-22-7-23-47-81)82-48-24-8-25-49-82)74-59-64-91-88-53-29-32-56-98(88)106(101(91)69-74,77-38-14-3-15-39-77)78-40-16-4-17-41-78/h1-72H. The summed E-state index contributed by atoms with van der Waals surface area (Å²) in [6.45, 7) is 0. The van der Waals surface area contributed by atoms with Gasteiger partial charge in [-0.25, -0.2) is 0 Å². The Hall–Kier alpha value is -13.9. The van der Waals surface area contributed by atoms with Crippen LogP contribution in [0.4, 0.5) is 34.1 Å². The number of fused-ring (bicyclic) bond motifs is 11. The lowest BCUT2D eigenvalue weighted by atomic mass is 9.67. The van der Waals surface area contributed by atoms with Gasteiger partial charge in [0, 0.05) is 34.1 Å². The van der Waals surface area contributed by atoms with Gasteiger partial charge in [-0.1, -0.05) is 352 Å². The molecule has 3 aliphatic carbocycles. The van der Waals surface area contributed by atoms with Crippen molar-refractivity contribution >= 4 is 55.7 Å². The molecule has 2 heteroatoms. The number of nitrogens with zero attached hydrogens (tertiary/aromatic N) is 2. The Bertz CT molecular complexity index is 6340. The minimum atomic E-state index is -0.655. The maximum atomic E-state index is 2.57. The molecular weight excluding hydrogens is 1310 g/mol. The molecule has 0 unspecified atom stereocenters. The third-order valence-corrected chi connectivity index (χ3v) is 23.8. The molecule has 21 rings (SSSR count). The Morgan fingerprint density at radius 3 is 0.688 bits per heavy atom. The lowest BCUT2D eigenvalue weighted by molar-refractivity contribution is 0.768. The summed E-state index contributed by atoms with van der Waals surface area (Å²) in [6.07, 6.45) is 0. The summed E-state index contributed by atoms with van der Waals surface area (Å²) in [4.78, 5) is 4.93. The minimum absolute atomic E-state index is 0.621. The molecule has 0 aromatic heterocycles. The van der Waals surface area contributed by atoms with Gasteiger partial charge < -0.3 is 9.80 Å². The third-order valence-electron chi connectivity index (χ3n) is 23.8. The summed E-state index contributed by atoms with van der Waals surface area (Å²) in [6, 6.07) is 164. The second-order valence-corrected chi connectivity index (χ2v) is 29.2. The molecule has 18 aromatic carbocycles. The van der Waals surface area contributed by atoms with Gasteiger partial charge in [-0.3, -0.25) is 0 Å². The quantitative estimate of drug-likeness (QED) is 0.100. The maximum Gasteiger partial charge on any atom is 0.0714 e. The molecule has 3 aliphatic rings. The Morgan fingerprint density at radius 2 is 0.376 bits per heavy atom. The fourth-order valence-corrected chi connectivity index (χ4v) is 19.5. The monoisotopic (exact) mass is 1380 g/mol. The zero-order chi connectivity index (χ0) is 72.0. The largest absolute Gasteiger partial charge is 0.310 e. The second-order valence-electron chi connectivity index (χ2n) is 29.2. The van der Waals surface area contributed by atoms with Crippen LogP contribution < -0.4 is 9.80 Å². The molecule has 0 atom stereocenters. The van der Waals surface area contributed by atoms with Gasteiger partial charge in [0.05, 0.1) is 16.2 Å². The van der Waals surface area contributed by atoms with Crippen molar-refractivity contribution in [3.8, 4) is 55.6 Å². The van der Waals surface area contributed by atoms with E-state index in [1.165, 1.54) is 100 Å². The molecule has 0 heterocycles. The van der Waals surface area contributed by atoms with Gasteiger partial charge in [-0.05, 0) is 229 Å². The molecule has 0 amide bonds. The molecule has 0 bridgehead atoms. The molecule has 0 saturated heterocycles. The molecule has 510 valence electrons. The normalized spacial score (nSPS) is 13.5. The van der Waals surface area contributed by atoms with E-state index >= 15 is 0 Å². The van der Waals surface area contributed by atoms with E-state index in [1.807, 2.05) is 0 Å². The summed E-state index contributed by atoms with van der Waals surface area (Å²) in [5, 5.41) is 4.56. The van der Waals surface area contributed by atoms with E-state index in [2.05, 4.69) is 447 Å². The average Bonchev–Trinajstić information content (AvgIpc) is 1.65. The first-order valence-electron chi connectivity index (χ1n) is 38.0. The van der Waals surface area contributed by atoms with E-state index in [1.54, 1.807) is 0 Å². The molecule has 0 spiro atoms. The molecule has 18 aromatic rings. The van der Waals surface area contributed by atoms with Gasteiger partial charge >= 0.3 is 0 Å². The van der Waals surface area contributed by atoms with E-state index in [4.69, 9.17) is 0 Å². The van der Waals surface area contributed by atoms with Crippen LogP contribution in [0.1, 0.15) is 66.8 Å². The molecule has 0 aliphatic heterocycles. The van der Waals surface area contributed by atoms with Gasteiger partial charge in [0.15, 0.2) is 0 Å². The summed E-state index contributed by atoms with van der Waals surface area (Å²) < 4.78 is 0. The van der Waals surface area contributed by atoms with Gasteiger partial charge in [-0.15, -0.1) is 0 Å². The molecule has 109 heavy (non-hydrogen) atoms. The van der Waals surface area contributed by atoms with E-state index in [9.17, 15) is 0 Å². The van der Waals surface area contributed by atoms with E-state index in [0.29, 0.717) is 0 Å². The van der Waals surface area contributed by atoms with Crippen molar-refractivity contribution in [3.05, 3.63) is 504 Å². The Kier molecular flexibility index (Phi) is 15.0. The van der Waals surface area contributed by atoms with Crippen molar-refractivity contribution in [3.63, 3.8) is 0 Å². The van der Waals surface area contributed by atoms with Crippen LogP contribution in [-0.4, -0.2) is 0 Å². The van der Waals surface area contributed by atoms with Crippen LogP contribution in [-0.2, 0) is 16.2 Å². The zero-order valence-electron chi connectivity index (χ0n) is 60.0. The Morgan fingerprint density at radius 1 is 0.147 bits per heavy atom. The molecule has 2 nitrogen and oxygen atoms in total. The highest BCUT2D eigenvalue weighted by Crippen LogP contribution is 2.62. The first-order chi connectivity index (χ1) is 54.1. The van der Waals surface area contributed by atoms with Crippen LogP contribution in [0.15, 0.2) is 437 Å². The number of rotatable bonds is 14. The SMILES string of the molecule is c1ccc(N(c2ccccc2)c2ccc3c(-c4ccc5c(c4)C(c4ccccc4)(c4ccccc4)c4ccccc4-5)c4cc(N(c5ccccc5)c5ccc6c(c5)C(c5ccccc5)(c5ccccc5)c5ccccc5-6)ccc4c(-c4ccc5c(c4)C(c4ccccc4)(c4ccccc4)c4ccccc4-5)c3c2)cc1. The van der Waals surface area contributed by atoms with Crippen LogP contribution in [0.2, 0.25) is 0 Å². The number of benzene rings is 18. The predicted octanol–water partition coefficient (Wildman–Crippen LogP) is 27.4. The highest BCUT2D eigenvalue weighted by molar-refractivity contribution is 6.23. The van der Waals surface area contributed by atoms with Gasteiger partial charge in [0.25, 0.3) is 0 Å². The van der Waals surface area contributed by atoms with Crippen LogP contribution >= 0.6 is 0 Å². The number of hydrogen-bond donors (Lipinski definition) is 0. The van der Waals surface area contributed by atoms with Crippen molar-refractivity contribution < 1.29 is 0 Å². The topological polar surface area (TPSA) is 6.48 Å². The number of hydrogen-bond acceptors (Lipinski definition) is 2. The predicted molar refractivity (Wildman–Crippen MR) is 454 cm³/mol. The van der Waals surface area contributed by atoms with E-state index in [-0.39, 0.29) is 0 Å². The smallest absolute Gasteiger partial charge is 0.0714 e. The summed E-state index contributed by atoms with van der Waals surface area (Å²) in [7, 11) is 0. The minimum Gasteiger partial charge on any atom is -0.310 e. The van der Waals surface area contributed by atoms with Crippen LogP contribution in [0.5, 0.6) is 0 Å². The van der Waals surface area contributed by atoms with Gasteiger partial charge in [-0.2, -0.15) is 0 Å². The highest BCUT2D eigenvalue weighted by Gasteiger charge is 2.50. The fraction of sp³-hybridized carbons (Fsp3) is 0.0280. The molecule has 0 fully saturated rings. The maximum absolute atomic E-state index is 2.57. The zero-order valence-corrected chi connectivity index (χ0v) is 60.0. The third kappa shape index (κ3) is 9.61. The summed E-state index contributed by atoms with van der Waals surface area (Å²) in [5.74, 6) is 0. The second kappa shape index (κ2) is 25.7. The van der Waals surface area contributed by atoms with E-state index < -0.39 is 16.2 Å².